The van der Waals surface area contributed by atoms with Gasteiger partial charge in [0.05, 0.1) is 48.5 Å². The Kier molecular flexibility index (Phi) is 5.55. The number of sulfone groups is 1. The van der Waals surface area contributed by atoms with Crippen LogP contribution in [0.1, 0.15) is 6.42 Å². The summed E-state index contributed by atoms with van der Waals surface area (Å²) in [5, 5.41) is 9.08. The first-order chi connectivity index (χ1) is 12.8. The number of carbonyl (C=O) groups excluding carboxylic acids is 1. The van der Waals surface area contributed by atoms with Crippen molar-refractivity contribution >= 4 is 50.0 Å². The number of amidine groups is 1. The van der Waals surface area contributed by atoms with Crippen LogP contribution >= 0.6 is 23.4 Å². The van der Waals surface area contributed by atoms with E-state index in [2.05, 4.69) is 4.99 Å². The van der Waals surface area contributed by atoms with E-state index in [0.29, 0.717) is 27.4 Å². The Morgan fingerprint density at radius 3 is 2.70 bits per heavy atom. The van der Waals surface area contributed by atoms with E-state index in [4.69, 9.17) is 26.3 Å². The number of anilines is 1. The van der Waals surface area contributed by atoms with Crippen molar-refractivity contribution in [2.75, 3.05) is 30.6 Å². The van der Waals surface area contributed by atoms with Crippen LogP contribution in [0.3, 0.4) is 0 Å². The number of hydrogen-bond acceptors (Lipinski definition) is 7. The average Bonchev–Trinajstić information content (AvgIpc) is 3.05. The number of hydrogen-bond donors (Lipinski definition) is 0. The molecule has 0 bridgehead atoms. The lowest BCUT2D eigenvalue weighted by Crippen LogP contribution is -2.38. The lowest BCUT2D eigenvalue weighted by molar-refractivity contribution is -0.116. The number of nitrogens with zero attached hydrogens (tertiary/aromatic N) is 3. The van der Waals surface area contributed by atoms with Crippen LogP contribution in [-0.2, 0) is 14.6 Å². The highest BCUT2D eigenvalue weighted by molar-refractivity contribution is 8.16. The highest BCUT2D eigenvalue weighted by Gasteiger charge is 2.50. The number of ether oxygens (including phenoxy) is 2. The van der Waals surface area contributed by atoms with E-state index in [1.165, 1.54) is 26.0 Å². The summed E-state index contributed by atoms with van der Waals surface area (Å²) in [5.74, 6) is 0.145. The van der Waals surface area contributed by atoms with Crippen LogP contribution in [0.2, 0.25) is 5.02 Å². The molecule has 2 saturated heterocycles. The second-order valence-electron chi connectivity index (χ2n) is 5.95. The Bertz CT molecular complexity index is 958. The Balaban J connectivity index is 2.11. The smallest absolute Gasteiger partial charge is 0.262 e. The van der Waals surface area contributed by atoms with Crippen molar-refractivity contribution < 1.29 is 22.7 Å². The second kappa shape index (κ2) is 7.58. The molecule has 2 heterocycles. The normalized spacial score (nSPS) is 24.5. The molecule has 2 aliphatic heterocycles. The van der Waals surface area contributed by atoms with Gasteiger partial charge >= 0.3 is 0 Å². The fourth-order valence-electron chi connectivity index (χ4n) is 3.09. The Hall–Kier alpha value is -1.96. The minimum Gasteiger partial charge on any atom is -0.495 e. The van der Waals surface area contributed by atoms with E-state index in [-0.39, 0.29) is 23.2 Å². The molecule has 11 heteroatoms. The van der Waals surface area contributed by atoms with E-state index < -0.39 is 21.8 Å². The van der Waals surface area contributed by atoms with Crippen molar-refractivity contribution in [2.45, 2.75) is 17.7 Å². The van der Waals surface area contributed by atoms with Gasteiger partial charge in [0.2, 0.25) is 0 Å². The molecule has 27 heavy (non-hydrogen) atoms. The highest BCUT2D eigenvalue weighted by Crippen LogP contribution is 2.46. The number of carbonyl (C=O) groups is 1. The SMILES string of the molecule is COc1cc(OC)c(N2C(=NC(=O)CC#N)SC3CS(=O)(=O)CC32)cc1Cl. The minimum absolute atomic E-state index is 0.00348. The summed E-state index contributed by atoms with van der Waals surface area (Å²) in [4.78, 5) is 17.6. The van der Waals surface area contributed by atoms with Gasteiger partial charge in [-0.1, -0.05) is 23.4 Å². The number of fused-ring (bicyclic) bond motifs is 1. The molecule has 8 nitrogen and oxygen atoms in total. The maximum atomic E-state index is 12.1. The van der Waals surface area contributed by atoms with Gasteiger partial charge in [0.25, 0.3) is 5.91 Å². The molecule has 0 aliphatic carbocycles. The number of halogens is 1. The van der Waals surface area contributed by atoms with Crippen molar-refractivity contribution in [3.8, 4) is 17.6 Å². The zero-order chi connectivity index (χ0) is 19.8. The van der Waals surface area contributed by atoms with E-state index in [1.807, 2.05) is 0 Å². The van der Waals surface area contributed by atoms with Crippen molar-refractivity contribution in [3.05, 3.63) is 17.2 Å². The highest BCUT2D eigenvalue weighted by atomic mass is 35.5. The molecule has 2 fully saturated rings. The number of thioether (sulfide) groups is 1. The van der Waals surface area contributed by atoms with Gasteiger partial charge in [-0.2, -0.15) is 10.3 Å². The molecule has 2 atom stereocenters. The van der Waals surface area contributed by atoms with Crippen LogP contribution in [0.15, 0.2) is 17.1 Å². The van der Waals surface area contributed by atoms with Gasteiger partial charge < -0.3 is 14.4 Å². The standard InChI is InChI=1S/C16H16ClN3O5S2/c1-24-12-6-13(25-2)10(5-9(12)17)20-11-7-27(22,23)8-14(11)26-16(20)19-15(21)3-4-18/h5-6,11,14H,3,7-8H2,1-2H3. The number of benzene rings is 1. The number of aliphatic imine (C=N–C) groups is 1. The third kappa shape index (κ3) is 3.85. The summed E-state index contributed by atoms with van der Waals surface area (Å²) in [6, 6.07) is 4.54. The fraction of sp³-hybridized carbons (Fsp3) is 0.438. The van der Waals surface area contributed by atoms with Gasteiger partial charge in [-0.3, -0.25) is 4.79 Å². The lowest BCUT2D eigenvalue weighted by Gasteiger charge is -2.26. The predicted octanol–water partition coefficient (Wildman–Crippen LogP) is 1.87. The summed E-state index contributed by atoms with van der Waals surface area (Å²) in [5.41, 5.74) is 0.490. The van der Waals surface area contributed by atoms with Crippen LogP contribution in [-0.4, -0.2) is 56.5 Å². The molecule has 1 aromatic rings. The molecule has 3 rings (SSSR count). The van der Waals surface area contributed by atoms with Crippen LogP contribution in [0.25, 0.3) is 0 Å². The van der Waals surface area contributed by atoms with Crippen LogP contribution in [0.5, 0.6) is 11.5 Å². The maximum absolute atomic E-state index is 12.1. The molecule has 144 valence electrons. The summed E-state index contributed by atoms with van der Waals surface area (Å²) in [6.07, 6.45) is -0.355. The van der Waals surface area contributed by atoms with Gasteiger partial charge in [-0.15, -0.1) is 0 Å². The summed E-state index contributed by atoms with van der Waals surface area (Å²) >= 11 is 7.47. The zero-order valence-corrected chi connectivity index (χ0v) is 16.9. The first-order valence-corrected chi connectivity index (χ1v) is 10.9. The topological polar surface area (TPSA) is 109 Å². The predicted molar refractivity (Wildman–Crippen MR) is 104 cm³/mol. The van der Waals surface area contributed by atoms with Crippen molar-refractivity contribution in [2.24, 2.45) is 4.99 Å². The third-order valence-electron chi connectivity index (χ3n) is 4.23. The average molecular weight is 430 g/mol. The lowest BCUT2D eigenvalue weighted by atomic mass is 10.2. The Morgan fingerprint density at radius 1 is 1.37 bits per heavy atom. The van der Waals surface area contributed by atoms with E-state index >= 15 is 0 Å². The number of amides is 1. The van der Waals surface area contributed by atoms with E-state index in [0.717, 1.165) is 0 Å². The minimum atomic E-state index is -3.20. The fourth-order valence-corrected chi connectivity index (χ4v) is 7.25. The van der Waals surface area contributed by atoms with Gasteiger partial charge in [0.1, 0.15) is 17.9 Å². The van der Waals surface area contributed by atoms with Crippen molar-refractivity contribution in [3.63, 3.8) is 0 Å². The quantitative estimate of drug-likeness (QED) is 0.713. The summed E-state index contributed by atoms with van der Waals surface area (Å²) in [7, 11) is -0.265. The first kappa shape index (κ1) is 19.8. The second-order valence-corrected chi connectivity index (χ2v) is 9.72. The number of nitriles is 1. The summed E-state index contributed by atoms with van der Waals surface area (Å²) < 4.78 is 34.8. The van der Waals surface area contributed by atoms with Crippen LogP contribution < -0.4 is 14.4 Å². The Morgan fingerprint density at radius 2 is 2.07 bits per heavy atom. The van der Waals surface area contributed by atoms with Crippen LogP contribution in [0.4, 0.5) is 5.69 Å². The van der Waals surface area contributed by atoms with E-state index in [9.17, 15) is 13.2 Å². The molecule has 2 unspecified atom stereocenters. The van der Waals surface area contributed by atoms with Crippen LogP contribution in [0, 0.1) is 11.3 Å². The molecule has 0 N–H and O–H groups in total. The molecule has 2 aliphatic rings. The molecular weight excluding hydrogens is 414 g/mol. The molecular formula is C16H16ClN3O5S2. The monoisotopic (exact) mass is 429 g/mol. The Labute approximate surface area is 166 Å². The molecule has 0 radical (unpaired) electrons. The molecule has 0 spiro atoms. The van der Waals surface area contributed by atoms with Crippen molar-refractivity contribution in [1.29, 1.82) is 5.26 Å². The number of methoxy groups -OCH3 is 2. The van der Waals surface area contributed by atoms with Gasteiger partial charge in [0, 0.05) is 11.3 Å². The first-order valence-electron chi connectivity index (χ1n) is 7.86. The number of rotatable bonds is 4. The third-order valence-corrected chi connectivity index (χ3v) is 7.74. The maximum Gasteiger partial charge on any atom is 0.262 e. The van der Waals surface area contributed by atoms with E-state index in [1.54, 1.807) is 23.1 Å². The van der Waals surface area contributed by atoms with Gasteiger partial charge in [-0.25, -0.2) is 8.42 Å². The summed E-state index contributed by atoms with van der Waals surface area (Å²) in [6.45, 7) is 0. The zero-order valence-electron chi connectivity index (χ0n) is 14.5. The van der Waals surface area contributed by atoms with Gasteiger partial charge in [0.15, 0.2) is 15.0 Å². The van der Waals surface area contributed by atoms with Crippen molar-refractivity contribution in [1.82, 2.24) is 0 Å². The van der Waals surface area contributed by atoms with Gasteiger partial charge in [-0.05, 0) is 6.07 Å². The molecule has 1 amide bonds. The largest absolute Gasteiger partial charge is 0.495 e. The molecule has 0 saturated carbocycles. The molecule has 1 aromatic carbocycles. The molecule has 0 aromatic heterocycles.